The molecule has 1 saturated heterocycles. The molecule has 0 bridgehead atoms. The number of carbonyl (C=O) groups is 2. The van der Waals surface area contributed by atoms with Crippen molar-refractivity contribution in [3.8, 4) is 0 Å². The summed E-state index contributed by atoms with van der Waals surface area (Å²) in [7, 11) is 0. The van der Waals surface area contributed by atoms with Gasteiger partial charge in [0.15, 0.2) is 0 Å². The number of carboxylic acids is 1. The molecule has 20 heavy (non-hydrogen) atoms. The lowest BCUT2D eigenvalue weighted by Crippen LogP contribution is -2.59. The predicted molar refractivity (Wildman–Crippen MR) is 72.5 cm³/mol. The number of carboxylic acid groups (broad SMARTS) is 1. The summed E-state index contributed by atoms with van der Waals surface area (Å²) >= 11 is 0. The number of rotatable bonds is 5. The number of hydrogen-bond acceptors (Lipinski definition) is 4. The predicted octanol–water partition coefficient (Wildman–Crippen LogP) is 0.421. The van der Waals surface area contributed by atoms with Crippen molar-refractivity contribution in [2.75, 3.05) is 19.7 Å². The molecule has 0 aliphatic carbocycles. The molecule has 0 aromatic carbocycles. The molecule has 1 heterocycles. The van der Waals surface area contributed by atoms with Crippen molar-refractivity contribution in [2.24, 2.45) is 0 Å². The fourth-order valence-electron chi connectivity index (χ4n) is 2.33. The number of nitrogens with one attached hydrogen (secondary N) is 1. The van der Waals surface area contributed by atoms with E-state index in [-0.39, 0.29) is 13.2 Å². The number of aliphatic carboxylic acids is 1. The molecular formula is C13H24N2O5. The molecule has 1 fully saturated rings. The average Bonchev–Trinajstić information content (AvgIpc) is 2.35. The first-order valence-electron chi connectivity index (χ1n) is 6.86. The summed E-state index contributed by atoms with van der Waals surface area (Å²) < 4.78 is 5.62. The van der Waals surface area contributed by atoms with Crippen molar-refractivity contribution >= 4 is 12.0 Å². The smallest absolute Gasteiger partial charge is 0.326 e. The van der Waals surface area contributed by atoms with Crippen LogP contribution in [0.25, 0.3) is 0 Å². The van der Waals surface area contributed by atoms with Gasteiger partial charge in [-0.15, -0.1) is 0 Å². The minimum Gasteiger partial charge on any atom is -0.480 e. The van der Waals surface area contributed by atoms with Gasteiger partial charge in [0.05, 0.1) is 31.4 Å². The second-order valence-corrected chi connectivity index (χ2v) is 5.69. The highest BCUT2D eigenvalue weighted by molar-refractivity contribution is 5.82. The molecule has 2 amide bonds. The molecule has 1 aliphatic heterocycles. The van der Waals surface area contributed by atoms with Crippen LogP contribution in [0.4, 0.5) is 4.79 Å². The van der Waals surface area contributed by atoms with E-state index in [9.17, 15) is 14.7 Å². The second kappa shape index (κ2) is 6.90. The van der Waals surface area contributed by atoms with Gasteiger partial charge in [-0.25, -0.2) is 9.59 Å². The maximum atomic E-state index is 12.2. The van der Waals surface area contributed by atoms with Crippen LogP contribution in [0.3, 0.4) is 0 Å². The number of ether oxygens (including phenoxy) is 1. The molecule has 7 heteroatoms. The third-order valence-corrected chi connectivity index (χ3v) is 3.15. The molecule has 116 valence electrons. The minimum atomic E-state index is -1.04. The Morgan fingerprint density at radius 2 is 2.15 bits per heavy atom. The maximum Gasteiger partial charge on any atom is 0.326 e. The molecule has 7 nitrogen and oxygen atoms in total. The van der Waals surface area contributed by atoms with Crippen LogP contribution in [0.1, 0.15) is 33.6 Å². The Bertz CT molecular complexity index is 359. The van der Waals surface area contributed by atoms with Crippen LogP contribution in [0.5, 0.6) is 0 Å². The summed E-state index contributed by atoms with van der Waals surface area (Å²) in [6, 6.07) is -1.31. The highest BCUT2D eigenvalue weighted by Crippen LogP contribution is 2.21. The van der Waals surface area contributed by atoms with Gasteiger partial charge < -0.3 is 25.2 Å². The van der Waals surface area contributed by atoms with Gasteiger partial charge in [-0.05, 0) is 20.3 Å². The van der Waals surface area contributed by atoms with Gasteiger partial charge in [-0.2, -0.15) is 0 Å². The van der Waals surface area contributed by atoms with Crippen molar-refractivity contribution < 1.29 is 24.5 Å². The summed E-state index contributed by atoms with van der Waals surface area (Å²) in [6.45, 7) is 5.95. The Morgan fingerprint density at radius 1 is 1.50 bits per heavy atom. The van der Waals surface area contributed by atoms with Crippen LogP contribution < -0.4 is 5.32 Å². The first-order chi connectivity index (χ1) is 9.29. The quantitative estimate of drug-likeness (QED) is 0.681. The molecule has 2 atom stereocenters. The van der Waals surface area contributed by atoms with E-state index in [0.717, 1.165) is 0 Å². The molecule has 0 aromatic heterocycles. The normalized spacial score (nSPS) is 23.2. The van der Waals surface area contributed by atoms with E-state index in [1.807, 2.05) is 20.8 Å². The summed E-state index contributed by atoms with van der Waals surface area (Å²) in [4.78, 5) is 24.7. The average molecular weight is 288 g/mol. The number of morpholine rings is 1. The Hall–Kier alpha value is -1.34. The van der Waals surface area contributed by atoms with Crippen LogP contribution in [-0.4, -0.2) is 64.6 Å². The van der Waals surface area contributed by atoms with Crippen LogP contribution in [0.15, 0.2) is 0 Å². The zero-order valence-electron chi connectivity index (χ0n) is 12.3. The lowest BCUT2D eigenvalue weighted by atomic mass is 10.1. The highest BCUT2D eigenvalue weighted by Gasteiger charge is 2.36. The Balaban J connectivity index is 2.67. The number of aliphatic hydroxyl groups excluding tert-OH is 1. The number of nitrogens with zero attached hydrogens (tertiary/aromatic N) is 1. The number of urea groups is 1. The van der Waals surface area contributed by atoms with Gasteiger partial charge in [0.25, 0.3) is 0 Å². The summed E-state index contributed by atoms with van der Waals surface area (Å²) in [6.07, 6.45) is 0.613. The van der Waals surface area contributed by atoms with Gasteiger partial charge in [0.2, 0.25) is 0 Å². The molecule has 3 N–H and O–H groups in total. The number of aliphatic hydroxyl groups is 1. The van der Waals surface area contributed by atoms with Crippen LogP contribution in [-0.2, 0) is 9.53 Å². The second-order valence-electron chi connectivity index (χ2n) is 5.69. The molecule has 0 spiro atoms. The third-order valence-electron chi connectivity index (χ3n) is 3.15. The molecule has 0 saturated carbocycles. The first-order valence-corrected chi connectivity index (χ1v) is 6.86. The highest BCUT2D eigenvalue weighted by atomic mass is 16.5. The number of hydrogen-bond donors (Lipinski definition) is 3. The van der Waals surface area contributed by atoms with E-state index >= 15 is 0 Å². The standard InChI is InChI=1S/C13H24N2O5/c1-4-5-10(11(17)18)14-12(19)15-6-9(7-16)20-13(2,3)8-15/h9-10,16H,4-8H2,1-3H3,(H,14,19)(H,17,18)/t9?,10-/m0/s1. The lowest BCUT2D eigenvalue weighted by molar-refractivity contribution is -0.141. The SMILES string of the molecule is CCC[C@H](NC(=O)N1CC(CO)OC(C)(C)C1)C(=O)O. The molecule has 1 rings (SSSR count). The van der Waals surface area contributed by atoms with Gasteiger partial charge >= 0.3 is 12.0 Å². The zero-order chi connectivity index (χ0) is 15.3. The summed E-state index contributed by atoms with van der Waals surface area (Å²) in [5, 5.41) is 20.8. The molecule has 1 unspecified atom stereocenters. The Labute approximate surface area is 118 Å². The van der Waals surface area contributed by atoms with E-state index in [0.29, 0.717) is 19.4 Å². The van der Waals surface area contributed by atoms with E-state index in [2.05, 4.69) is 5.32 Å². The zero-order valence-corrected chi connectivity index (χ0v) is 12.3. The number of carbonyl (C=O) groups excluding carboxylic acids is 1. The van der Waals surface area contributed by atoms with Crippen LogP contribution in [0, 0.1) is 0 Å². The third kappa shape index (κ3) is 4.64. The van der Waals surface area contributed by atoms with Crippen LogP contribution >= 0.6 is 0 Å². The van der Waals surface area contributed by atoms with Crippen molar-refractivity contribution in [2.45, 2.75) is 51.4 Å². The van der Waals surface area contributed by atoms with Crippen molar-refractivity contribution in [3.05, 3.63) is 0 Å². The fraction of sp³-hybridized carbons (Fsp3) is 0.846. The topological polar surface area (TPSA) is 99.1 Å². The Morgan fingerprint density at radius 3 is 2.65 bits per heavy atom. The van der Waals surface area contributed by atoms with E-state index in [1.165, 1.54) is 4.90 Å². The molecule has 0 aromatic rings. The molecule has 0 radical (unpaired) electrons. The first kappa shape index (κ1) is 16.7. The van der Waals surface area contributed by atoms with Crippen molar-refractivity contribution in [3.63, 3.8) is 0 Å². The minimum absolute atomic E-state index is 0.176. The van der Waals surface area contributed by atoms with Crippen molar-refractivity contribution in [1.29, 1.82) is 0 Å². The number of amides is 2. The van der Waals surface area contributed by atoms with Gasteiger partial charge in [0, 0.05) is 0 Å². The van der Waals surface area contributed by atoms with Gasteiger partial charge in [-0.3, -0.25) is 0 Å². The van der Waals surface area contributed by atoms with E-state index < -0.39 is 29.7 Å². The van der Waals surface area contributed by atoms with E-state index in [4.69, 9.17) is 9.84 Å². The van der Waals surface area contributed by atoms with E-state index in [1.54, 1.807) is 0 Å². The largest absolute Gasteiger partial charge is 0.480 e. The van der Waals surface area contributed by atoms with Crippen molar-refractivity contribution in [1.82, 2.24) is 10.2 Å². The summed E-state index contributed by atoms with van der Waals surface area (Å²) in [5.74, 6) is -1.04. The van der Waals surface area contributed by atoms with Gasteiger partial charge in [-0.1, -0.05) is 13.3 Å². The monoisotopic (exact) mass is 288 g/mol. The Kier molecular flexibility index (Phi) is 5.76. The molecular weight excluding hydrogens is 264 g/mol. The maximum absolute atomic E-state index is 12.2. The fourth-order valence-corrected chi connectivity index (χ4v) is 2.33. The molecule has 1 aliphatic rings. The summed E-state index contributed by atoms with van der Waals surface area (Å²) in [5.41, 5.74) is -0.563. The van der Waals surface area contributed by atoms with Crippen LogP contribution in [0.2, 0.25) is 0 Å². The lowest BCUT2D eigenvalue weighted by Gasteiger charge is -2.42. The van der Waals surface area contributed by atoms with Gasteiger partial charge in [0.1, 0.15) is 6.04 Å².